The van der Waals surface area contributed by atoms with E-state index in [4.69, 9.17) is 5.73 Å². The molecule has 0 bridgehead atoms. The van der Waals surface area contributed by atoms with Crippen LogP contribution >= 0.6 is 0 Å². The van der Waals surface area contributed by atoms with Gasteiger partial charge < -0.3 is 10.7 Å². The summed E-state index contributed by atoms with van der Waals surface area (Å²) in [6.45, 7) is 6.66. The van der Waals surface area contributed by atoms with Crippen molar-refractivity contribution in [3.05, 3.63) is 63.1 Å². The number of hydrogen-bond donors (Lipinski definition) is 2. The molecule has 1 aromatic carbocycles. The smallest absolute Gasteiger partial charge is 0.268 e. The molecule has 1 amide bonds. The Morgan fingerprint density at radius 3 is 2.78 bits per heavy atom. The van der Waals surface area contributed by atoms with Crippen molar-refractivity contribution in [3.63, 3.8) is 0 Å². The zero-order valence-corrected chi connectivity index (χ0v) is 15.8. The molecular formula is C22H23N3O2. The lowest BCUT2D eigenvalue weighted by molar-refractivity contribution is 0.0997. The third-order valence-electron chi connectivity index (χ3n) is 5.69. The summed E-state index contributed by atoms with van der Waals surface area (Å²) in [6.07, 6.45) is 4.91. The van der Waals surface area contributed by atoms with Gasteiger partial charge in [0.25, 0.3) is 5.91 Å². The third-order valence-corrected chi connectivity index (χ3v) is 5.69. The highest BCUT2D eigenvalue weighted by molar-refractivity contribution is 6.03. The van der Waals surface area contributed by atoms with Crippen molar-refractivity contribution in [1.82, 2.24) is 9.97 Å². The lowest BCUT2D eigenvalue weighted by atomic mass is 9.71. The number of aromatic amines is 1. The summed E-state index contributed by atoms with van der Waals surface area (Å²) in [5.41, 5.74) is 11.5. The van der Waals surface area contributed by atoms with Gasteiger partial charge in [0.05, 0.1) is 10.9 Å². The van der Waals surface area contributed by atoms with Gasteiger partial charge in [-0.05, 0) is 60.4 Å². The molecule has 138 valence electrons. The summed E-state index contributed by atoms with van der Waals surface area (Å²) in [4.78, 5) is 31.6. The number of rotatable bonds is 2. The number of nitrogens with one attached hydrogen (secondary N) is 1. The fourth-order valence-electron chi connectivity index (χ4n) is 4.27. The molecule has 3 N–H and O–H groups in total. The van der Waals surface area contributed by atoms with E-state index in [1.165, 1.54) is 30.2 Å². The van der Waals surface area contributed by atoms with Gasteiger partial charge in [0.15, 0.2) is 5.43 Å². The van der Waals surface area contributed by atoms with Gasteiger partial charge in [0.2, 0.25) is 0 Å². The minimum atomic E-state index is -0.703. The quantitative estimate of drug-likeness (QED) is 0.731. The van der Waals surface area contributed by atoms with Gasteiger partial charge in [-0.1, -0.05) is 19.9 Å². The number of benzene rings is 1. The van der Waals surface area contributed by atoms with Crippen molar-refractivity contribution in [2.75, 3.05) is 0 Å². The van der Waals surface area contributed by atoms with Gasteiger partial charge in [0.1, 0.15) is 5.69 Å². The predicted molar refractivity (Wildman–Crippen MR) is 107 cm³/mol. The highest BCUT2D eigenvalue weighted by atomic mass is 16.1. The van der Waals surface area contributed by atoms with E-state index in [1.807, 2.05) is 0 Å². The molecule has 2 aromatic heterocycles. The van der Waals surface area contributed by atoms with Gasteiger partial charge in [-0.15, -0.1) is 0 Å². The molecule has 0 fully saturated rings. The molecule has 5 heteroatoms. The van der Waals surface area contributed by atoms with Crippen LogP contribution in [0, 0.1) is 6.92 Å². The van der Waals surface area contributed by atoms with Crippen molar-refractivity contribution in [2.24, 2.45) is 5.73 Å². The maximum Gasteiger partial charge on any atom is 0.268 e. The second-order valence-corrected chi connectivity index (χ2v) is 8.06. The van der Waals surface area contributed by atoms with Crippen LogP contribution in [0.4, 0.5) is 0 Å². The molecule has 4 rings (SSSR count). The second kappa shape index (κ2) is 6.05. The number of carbonyl (C=O) groups excluding carboxylic acids is 1. The summed E-state index contributed by atoms with van der Waals surface area (Å²) in [6, 6.07) is 7.70. The Labute approximate surface area is 157 Å². The number of aromatic nitrogens is 2. The monoisotopic (exact) mass is 361 g/mol. The predicted octanol–water partition coefficient (Wildman–Crippen LogP) is 3.61. The first-order valence-electron chi connectivity index (χ1n) is 9.24. The highest BCUT2D eigenvalue weighted by Crippen LogP contribution is 2.39. The maximum atomic E-state index is 12.7. The van der Waals surface area contributed by atoms with Crippen LogP contribution < -0.4 is 11.2 Å². The lowest BCUT2D eigenvalue weighted by Gasteiger charge is -2.33. The number of primary amides is 1. The van der Waals surface area contributed by atoms with E-state index >= 15 is 0 Å². The number of nitrogens with two attached hydrogens (primary N) is 1. The number of H-pyrrole nitrogens is 1. The van der Waals surface area contributed by atoms with Crippen molar-refractivity contribution in [1.29, 1.82) is 0 Å². The van der Waals surface area contributed by atoms with Gasteiger partial charge in [-0.25, -0.2) is 0 Å². The van der Waals surface area contributed by atoms with Gasteiger partial charge in [-0.2, -0.15) is 0 Å². The van der Waals surface area contributed by atoms with Crippen LogP contribution in [-0.4, -0.2) is 15.9 Å². The first kappa shape index (κ1) is 17.5. The molecular weight excluding hydrogens is 338 g/mol. The molecule has 5 nitrogen and oxygen atoms in total. The van der Waals surface area contributed by atoms with Crippen molar-refractivity contribution in [2.45, 2.75) is 45.4 Å². The van der Waals surface area contributed by atoms with E-state index in [1.54, 1.807) is 12.1 Å². The average Bonchev–Trinajstić information content (AvgIpc) is 2.61. The highest BCUT2D eigenvalue weighted by Gasteiger charge is 2.28. The standard InChI is InChI=1S/C22H23N3O2/c1-12-9-15-13(5-4-7-22(15,2)3)10-14(12)17-11-18(26)19-16(25-17)6-8-24-20(19)21(23)27/h6,8-11H,4-5,7H2,1-3H3,(H2,23,27)(H,25,26). The zero-order chi connectivity index (χ0) is 19.3. The van der Waals surface area contributed by atoms with Crippen LogP contribution in [-0.2, 0) is 11.8 Å². The SMILES string of the molecule is Cc1cc2c(cc1-c1cc(=O)c3c(C(N)=O)nccc3[nH]1)CCCC2(C)C. The Morgan fingerprint density at radius 2 is 2.04 bits per heavy atom. The van der Waals surface area contributed by atoms with E-state index in [0.717, 1.165) is 23.2 Å². The van der Waals surface area contributed by atoms with Crippen LogP contribution in [0.3, 0.4) is 0 Å². The van der Waals surface area contributed by atoms with E-state index in [2.05, 4.69) is 42.9 Å². The number of aryl methyl sites for hydroxylation is 2. The second-order valence-electron chi connectivity index (χ2n) is 8.06. The molecule has 0 unspecified atom stereocenters. The molecule has 0 saturated heterocycles. The zero-order valence-electron chi connectivity index (χ0n) is 15.8. The first-order chi connectivity index (χ1) is 12.8. The largest absolute Gasteiger partial charge is 0.364 e. The number of nitrogens with zero attached hydrogens (tertiary/aromatic N) is 1. The van der Waals surface area contributed by atoms with Crippen molar-refractivity contribution >= 4 is 16.8 Å². The topological polar surface area (TPSA) is 88.8 Å². The fourth-order valence-corrected chi connectivity index (χ4v) is 4.27. The summed E-state index contributed by atoms with van der Waals surface area (Å²) < 4.78 is 0. The van der Waals surface area contributed by atoms with E-state index in [9.17, 15) is 9.59 Å². The Balaban J connectivity index is 1.94. The van der Waals surface area contributed by atoms with E-state index in [0.29, 0.717) is 5.52 Å². The van der Waals surface area contributed by atoms with Crippen LogP contribution in [0.1, 0.15) is 53.9 Å². The van der Waals surface area contributed by atoms with Crippen LogP contribution in [0.2, 0.25) is 0 Å². The molecule has 3 aromatic rings. The summed E-state index contributed by atoms with van der Waals surface area (Å²) in [7, 11) is 0. The van der Waals surface area contributed by atoms with Crippen LogP contribution in [0.5, 0.6) is 0 Å². The number of amides is 1. The van der Waals surface area contributed by atoms with Crippen molar-refractivity contribution in [3.8, 4) is 11.3 Å². The summed E-state index contributed by atoms with van der Waals surface area (Å²) in [5.74, 6) is -0.703. The summed E-state index contributed by atoms with van der Waals surface area (Å²) in [5, 5.41) is 0.241. The number of fused-ring (bicyclic) bond motifs is 2. The molecule has 0 atom stereocenters. The molecule has 2 heterocycles. The molecule has 1 aliphatic rings. The first-order valence-corrected chi connectivity index (χ1v) is 9.24. The summed E-state index contributed by atoms with van der Waals surface area (Å²) >= 11 is 0. The molecule has 27 heavy (non-hydrogen) atoms. The Morgan fingerprint density at radius 1 is 1.26 bits per heavy atom. The normalized spacial score (nSPS) is 15.5. The third kappa shape index (κ3) is 2.83. The number of hydrogen-bond acceptors (Lipinski definition) is 3. The van der Waals surface area contributed by atoms with Crippen LogP contribution in [0.25, 0.3) is 22.2 Å². The molecule has 0 spiro atoms. The van der Waals surface area contributed by atoms with E-state index < -0.39 is 5.91 Å². The number of pyridine rings is 2. The average molecular weight is 361 g/mol. The van der Waals surface area contributed by atoms with Gasteiger partial charge in [-0.3, -0.25) is 14.6 Å². The van der Waals surface area contributed by atoms with E-state index in [-0.39, 0.29) is 21.9 Å². The van der Waals surface area contributed by atoms with Crippen LogP contribution in [0.15, 0.2) is 35.3 Å². The molecule has 1 aliphatic carbocycles. The lowest BCUT2D eigenvalue weighted by Crippen LogP contribution is -2.24. The Bertz CT molecular complexity index is 1140. The fraction of sp³-hybridized carbons (Fsp3) is 0.318. The molecule has 0 radical (unpaired) electrons. The maximum absolute atomic E-state index is 12.7. The Hall–Kier alpha value is -2.95. The number of carbonyl (C=O) groups is 1. The van der Waals surface area contributed by atoms with Gasteiger partial charge >= 0.3 is 0 Å². The van der Waals surface area contributed by atoms with Crippen molar-refractivity contribution < 1.29 is 4.79 Å². The van der Waals surface area contributed by atoms with Gasteiger partial charge in [0, 0.05) is 23.5 Å². The minimum Gasteiger partial charge on any atom is -0.364 e. The molecule has 0 saturated carbocycles. The minimum absolute atomic E-state index is 0.00390. The molecule has 0 aliphatic heterocycles. The Kier molecular flexibility index (Phi) is 3.91.